The van der Waals surface area contributed by atoms with Crippen LogP contribution in [0, 0.1) is 0 Å². The summed E-state index contributed by atoms with van der Waals surface area (Å²) in [4.78, 5) is 2.39. The van der Waals surface area contributed by atoms with Crippen LogP contribution in [0.15, 0.2) is 47.6 Å². The zero-order valence-electron chi connectivity index (χ0n) is 13.3. The van der Waals surface area contributed by atoms with E-state index < -0.39 is 0 Å². The number of hydrogen-bond donors (Lipinski definition) is 2. The number of phenols is 2. The van der Waals surface area contributed by atoms with Gasteiger partial charge in [0.15, 0.2) is 11.5 Å². The number of hydrogen-bond acceptors (Lipinski definition) is 5. The average Bonchev–Trinajstić information content (AvgIpc) is 2.59. The fourth-order valence-electron chi connectivity index (χ4n) is 2.63. The van der Waals surface area contributed by atoms with Crippen LogP contribution in [0.3, 0.4) is 0 Å². The summed E-state index contributed by atoms with van der Waals surface area (Å²) in [5.41, 5.74) is 2.02. The van der Waals surface area contributed by atoms with Crippen molar-refractivity contribution in [2.24, 2.45) is 5.10 Å². The van der Waals surface area contributed by atoms with Gasteiger partial charge >= 0.3 is 0 Å². The molecule has 0 radical (unpaired) electrons. The van der Waals surface area contributed by atoms with Crippen molar-refractivity contribution in [2.45, 2.75) is 6.54 Å². The van der Waals surface area contributed by atoms with E-state index in [1.54, 1.807) is 12.3 Å². The molecule has 1 aliphatic heterocycles. The maximum absolute atomic E-state index is 9.49. The molecule has 3 rings (SSSR count). The van der Waals surface area contributed by atoms with E-state index in [1.165, 1.54) is 17.7 Å². The monoisotopic (exact) mass is 345 g/mol. The molecule has 2 aromatic rings. The summed E-state index contributed by atoms with van der Waals surface area (Å²) < 4.78 is 0. The molecular weight excluding hydrogens is 326 g/mol. The summed E-state index contributed by atoms with van der Waals surface area (Å²) in [5.74, 6) is -0.255. The van der Waals surface area contributed by atoms with Crippen LogP contribution < -0.4 is 0 Å². The van der Waals surface area contributed by atoms with Gasteiger partial charge in [-0.25, -0.2) is 0 Å². The molecule has 1 fully saturated rings. The summed E-state index contributed by atoms with van der Waals surface area (Å²) in [6.07, 6.45) is 1.70. The Kier molecular flexibility index (Phi) is 5.23. The van der Waals surface area contributed by atoms with Gasteiger partial charge in [0.05, 0.1) is 6.21 Å². The van der Waals surface area contributed by atoms with Crippen molar-refractivity contribution in [1.29, 1.82) is 0 Å². The van der Waals surface area contributed by atoms with E-state index in [2.05, 4.69) is 22.1 Å². The van der Waals surface area contributed by atoms with E-state index >= 15 is 0 Å². The molecule has 1 saturated heterocycles. The molecule has 24 heavy (non-hydrogen) atoms. The molecular formula is C18H20ClN3O2. The van der Waals surface area contributed by atoms with Gasteiger partial charge in [0.2, 0.25) is 0 Å². The lowest BCUT2D eigenvalue weighted by atomic mass is 10.2. The topological polar surface area (TPSA) is 59.3 Å². The van der Waals surface area contributed by atoms with E-state index in [0.29, 0.717) is 0 Å². The average molecular weight is 346 g/mol. The molecule has 0 aromatic heterocycles. The van der Waals surface area contributed by atoms with Crippen molar-refractivity contribution in [1.82, 2.24) is 9.91 Å². The number of nitrogens with zero attached hydrogens (tertiary/aromatic N) is 3. The van der Waals surface area contributed by atoms with Crippen molar-refractivity contribution < 1.29 is 10.2 Å². The predicted octanol–water partition coefficient (Wildman–Crippen LogP) is 2.90. The van der Waals surface area contributed by atoms with E-state index in [0.717, 1.165) is 43.3 Å². The van der Waals surface area contributed by atoms with Crippen molar-refractivity contribution in [3.63, 3.8) is 0 Å². The highest BCUT2D eigenvalue weighted by atomic mass is 35.5. The molecule has 0 unspecified atom stereocenters. The van der Waals surface area contributed by atoms with Gasteiger partial charge < -0.3 is 10.2 Å². The molecule has 1 heterocycles. The SMILES string of the molecule is Oc1ccc(C=NN2CCN(Cc3ccc(Cl)cc3)CC2)cc1O. The minimum absolute atomic E-state index is 0.122. The molecule has 5 nitrogen and oxygen atoms in total. The first-order valence-corrected chi connectivity index (χ1v) is 8.26. The van der Waals surface area contributed by atoms with Crippen molar-refractivity contribution >= 4 is 17.8 Å². The fourth-order valence-corrected chi connectivity index (χ4v) is 2.75. The lowest BCUT2D eigenvalue weighted by Gasteiger charge is -2.33. The maximum Gasteiger partial charge on any atom is 0.158 e. The van der Waals surface area contributed by atoms with Gasteiger partial charge in [-0.15, -0.1) is 0 Å². The predicted molar refractivity (Wildman–Crippen MR) is 95.7 cm³/mol. The van der Waals surface area contributed by atoms with Crippen LogP contribution in [0.25, 0.3) is 0 Å². The second-order valence-electron chi connectivity index (χ2n) is 5.85. The summed E-state index contributed by atoms with van der Waals surface area (Å²) in [5, 5.41) is 26.0. The lowest BCUT2D eigenvalue weighted by molar-refractivity contribution is 0.131. The Morgan fingerprint density at radius 3 is 2.33 bits per heavy atom. The normalized spacial score (nSPS) is 16.0. The van der Waals surface area contributed by atoms with Crippen LogP contribution in [0.1, 0.15) is 11.1 Å². The Hall–Kier alpha value is -2.24. The van der Waals surface area contributed by atoms with Gasteiger partial charge in [-0.05, 0) is 41.5 Å². The molecule has 6 heteroatoms. The van der Waals surface area contributed by atoms with E-state index in [1.807, 2.05) is 17.1 Å². The quantitative estimate of drug-likeness (QED) is 0.661. The third kappa shape index (κ3) is 4.40. The van der Waals surface area contributed by atoms with Gasteiger partial charge in [0.1, 0.15) is 0 Å². The molecule has 0 aliphatic carbocycles. The third-order valence-corrected chi connectivity index (χ3v) is 4.29. The molecule has 2 aromatic carbocycles. The van der Waals surface area contributed by atoms with Crippen LogP contribution in [0.5, 0.6) is 11.5 Å². The minimum atomic E-state index is -0.133. The van der Waals surface area contributed by atoms with Crippen molar-refractivity contribution in [3.8, 4) is 11.5 Å². The van der Waals surface area contributed by atoms with Gasteiger partial charge in [-0.3, -0.25) is 9.91 Å². The van der Waals surface area contributed by atoms with Gasteiger partial charge in [-0.2, -0.15) is 5.10 Å². The largest absolute Gasteiger partial charge is 0.504 e. The highest BCUT2D eigenvalue weighted by Gasteiger charge is 2.15. The molecule has 0 bridgehead atoms. The molecule has 0 saturated carbocycles. The first-order chi connectivity index (χ1) is 11.6. The second kappa shape index (κ2) is 7.55. The Balaban J connectivity index is 1.50. The standard InChI is InChI=1S/C18H20ClN3O2/c19-16-4-1-14(2-5-16)13-21-7-9-22(10-8-21)20-12-15-3-6-17(23)18(24)11-15/h1-6,11-12,23-24H,7-10,13H2. The van der Waals surface area contributed by atoms with Crippen LogP contribution in [-0.4, -0.2) is 52.5 Å². The smallest absolute Gasteiger partial charge is 0.158 e. The Labute approximate surface area is 146 Å². The summed E-state index contributed by atoms with van der Waals surface area (Å²) in [6, 6.07) is 12.6. The number of phenolic OH excluding ortho intramolecular Hbond substituents is 2. The Morgan fingerprint density at radius 1 is 0.958 bits per heavy atom. The minimum Gasteiger partial charge on any atom is -0.504 e. The number of hydrazone groups is 1. The zero-order chi connectivity index (χ0) is 16.9. The summed E-state index contributed by atoms with van der Waals surface area (Å²) in [6.45, 7) is 4.52. The van der Waals surface area contributed by atoms with E-state index in [-0.39, 0.29) is 11.5 Å². The number of rotatable bonds is 4. The zero-order valence-corrected chi connectivity index (χ0v) is 14.0. The first-order valence-electron chi connectivity index (χ1n) is 7.88. The van der Waals surface area contributed by atoms with Gasteiger partial charge in [0.25, 0.3) is 0 Å². The van der Waals surface area contributed by atoms with Crippen molar-refractivity contribution in [3.05, 3.63) is 58.6 Å². The van der Waals surface area contributed by atoms with Crippen LogP contribution in [0.4, 0.5) is 0 Å². The molecule has 0 atom stereocenters. The molecule has 2 N–H and O–H groups in total. The van der Waals surface area contributed by atoms with E-state index in [9.17, 15) is 10.2 Å². The first kappa shape index (κ1) is 16.6. The highest BCUT2D eigenvalue weighted by Crippen LogP contribution is 2.24. The molecule has 126 valence electrons. The lowest BCUT2D eigenvalue weighted by Crippen LogP contribution is -2.43. The number of benzene rings is 2. The fraction of sp³-hybridized carbons (Fsp3) is 0.278. The van der Waals surface area contributed by atoms with Gasteiger partial charge in [0, 0.05) is 37.7 Å². The summed E-state index contributed by atoms with van der Waals surface area (Å²) in [7, 11) is 0. The molecule has 1 aliphatic rings. The van der Waals surface area contributed by atoms with Gasteiger partial charge in [-0.1, -0.05) is 23.7 Å². The van der Waals surface area contributed by atoms with E-state index in [4.69, 9.17) is 11.6 Å². The maximum atomic E-state index is 9.49. The second-order valence-corrected chi connectivity index (χ2v) is 6.29. The molecule has 0 amide bonds. The number of piperazine rings is 1. The van der Waals surface area contributed by atoms with Crippen LogP contribution in [0.2, 0.25) is 5.02 Å². The Morgan fingerprint density at radius 2 is 1.67 bits per heavy atom. The van der Waals surface area contributed by atoms with Crippen molar-refractivity contribution in [2.75, 3.05) is 26.2 Å². The third-order valence-electron chi connectivity index (χ3n) is 4.04. The summed E-state index contributed by atoms with van der Waals surface area (Å²) >= 11 is 5.91. The Bertz CT molecular complexity index is 711. The van der Waals surface area contributed by atoms with Crippen LogP contribution >= 0.6 is 11.6 Å². The number of halogens is 1. The highest BCUT2D eigenvalue weighted by molar-refractivity contribution is 6.30. The number of aromatic hydroxyl groups is 2. The molecule has 0 spiro atoms. The van der Waals surface area contributed by atoms with Crippen LogP contribution in [-0.2, 0) is 6.54 Å².